The first kappa shape index (κ1) is 22.5. The SMILES string of the molecule is C=C(C)c1ccc2c(c1)c1c(COC)c(C(=O)OCC)ncc1n2C(=O)OC(C)(C)C. The Hall–Kier alpha value is -3.19. The van der Waals surface area contributed by atoms with Crippen molar-refractivity contribution in [3.8, 4) is 0 Å². The van der Waals surface area contributed by atoms with Gasteiger partial charge in [-0.3, -0.25) is 0 Å². The highest BCUT2D eigenvalue weighted by molar-refractivity contribution is 6.15. The molecule has 7 heteroatoms. The number of fused-ring (bicyclic) bond motifs is 3. The number of esters is 1. The molecule has 0 aliphatic carbocycles. The van der Waals surface area contributed by atoms with Crippen LogP contribution < -0.4 is 0 Å². The first-order valence-corrected chi connectivity index (χ1v) is 10.1. The summed E-state index contributed by atoms with van der Waals surface area (Å²) in [7, 11) is 1.54. The molecule has 0 atom stereocenters. The van der Waals surface area contributed by atoms with Gasteiger partial charge in [0.15, 0.2) is 5.69 Å². The molecule has 0 spiro atoms. The minimum Gasteiger partial charge on any atom is -0.461 e. The minimum atomic E-state index is -0.675. The Morgan fingerprint density at radius 3 is 2.48 bits per heavy atom. The van der Waals surface area contributed by atoms with Gasteiger partial charge in [0.1, 0.15) is 5.60 Å². The van der Waals surface area contributed by atoms with E-state index in [1.807, 2.05) is 45.9 Å². The lowest BCUT2D eigenvalue weighted by molar-refractivity contribution is 0.0513. The molecule has 31 heavy (non-hydrogen) atoms. The number of methoxy groups -OCH3 is 1. The molecule has 3 aromatic rings. The van der Waals surface area contributed by atoms with Crippen LogP contribution in [-0.2, 0) is 20.8 Å². The molecular formula is C24H28N2O5. The Kier molecular flexibility index (Phi) is 6.18. The molecule has 7 nitrogen and oxygen atoms in total. The molecule has 0 fully saturated rings. The molecule has 1 aromatic carbocycles. The van der Waals surface area contributed by atoms with Gasteiger partial charge >= 0.3 is 12.1 Å². The normalized spacial score (nSPS) is 11.7. The third-order valence-electron chi connectivity index (χ3n) is 4.73. The van der Waals surface area contributed by atoms with Crippen LogP contribution in [0.2, 0.25) is 0 Å². The fourth-order valence-electron chi connectivity index (χ4n) is 3.50. The first-order valence-electron chi connectivity index (χ1n) is 10.1. The Morgan fingerprint density at radius 2 is 1.90 bits per heavy atom. The van der Waals surface area contributed by atoms with Crippen LogP contribution in [0.4, 0.5) is 4.79 Å². The average Bonchev–Trinajstić information content (AvgIpc) is 3.01. The molecule has 0 unspecified atom stereocenters. The lowest BCUT2D eigenvalue weighted by atomic mass is 10.0. The van der Waals surface area contributed by atoms with Crippen LogP contribution in [0.1, 0.15) is 56.2 Å². The third-order valence-corrected chi connectivity index (χ3v) is 4.73. The topological polar surface area (TPSA) is 79.7 Å². The lowest BCUT2D eigenvalue weighted by Crippen LogP contribution is -2.27. The Balaban J connectivity index is 2.44. The number of hydrogen-bond donors (Lipinski definition) is 0. The number of pyridine rings is 1. The van der Waals surface area contributed by atoms with E-state index in [4.69, 9.17) is 14.2 Å². The smallest absolute Gasteiger partial charge is 0.419 e. The minimum absolute atomic E-state index is 0.128. The van der Waals surface area contributed by atoms with Gasteiger partial charge in [-0.1, -0.05) is 18.2 Å². The van der Waals surface area contributed by atoms with E-state index in [9.17, 15) is 9.59 Å². The lowest BCUT2D eigenvalue weighted by Gasteiger charge is -2.20. The van der Waals surface area contributed by atoms with Gasteiger partial charge in [0, 0.05) is 23.4 Å². The Bertz CT molecular complexity index is 1180. The number of ether oxygens (including phenoxy) is 3. The second-order valence-corrected chi connectivity index (χ2v) is 8.33. The monoisotopic (exact) mass is 424 g/mol. The number of rotatable bonds is 5. The van der Waals surface area contributed by atoms with Crippen molar-refractivity contribution >= 4 is 39.4 Å². The van der Waals surface area contributed by atoms with E-state index in [-0.39, 0.29) is 18.9 Å². The van der Waals surface area contributed by atoms with Gasteiger partial charge in [0.05, 0.1) is 30.4 Å². The van der Waals surface area contributed by atoms with Crippen LogP contribution in [0.3, 0.4) is 0 Å². The summed E-state index contributed by atoms with van der Waals surface area (Å²) in [4.78, 5) is 30.0. The molecule has 2 aromatic heterocycles. The fraction of sp³-hybridized carbons (Fsp3) is 0.375. The quantitative estimate of drug-likeness (QED) is 0.515. The van der Waals surface area contributed by atoms with Crippen molar-refractivity contribution in [2.24, 2.45) is 0 Å². The largest absolute Gasteiger partial charge is 0.461 e. The number of hydrogen-bond acceptors (Lipinski definition) is 6. The summed E-state index contributed by atoms with van der Waals surface area (Å²) in [6.07, 6.45) is 0.982. The molecule has 0 aliphatic rings. The van der Waals surface area contributed by atoms with Crippen molar-refractivity contribution in [3.05, 3.63) is 47.8 Å². The zero-order valence-electron chi connectivity index (χ0n) is 18.9. The maximum Gasteiger partial charge on any atom is 0.419 e. The van der Waals surface area contributed by atoms with Crippen LogP contribution in [-0.4, -0.2) is 40.9 Å². The predicted molar refractivity (Wildman–Crippen MR) is 120 cm³/mol. The predicted octanol–water partition coefficient (Wildman–Crippen LogP) is 5.33. The molecule has 3 rings (SSSR count). The van der Waals surface area contributed by atoms with Crippen molar-refractivity contribution < 1.29 is 23.8 Å². The summed E-state index contributed by atoms with van der Waals surface area (Å²) >= 11 is 0. The van der Waals surface area contributed by atoms with Crippen LogP contribution >= 0.6 is 0 Å². The molecule has 0 aliphatic heterocycles. The van der Waals surface area contributed by atoms with E-state index in [0.717, 1.165) is 16.5 Å². The number of nitrogens with zero attached hydrogens (tertiary/aromatic N) is 2. The van der Waals surface area contributed by atoms with Gasteiger partial charge in [-0.05, 0) is 52.3 Å². The van der Waals surface area contributed by atoms with E-state index >= 15 is 0 Å². The molecule has 0 bridgehead atoms. The summed E-state index contributed by atoms with van der Waals surface area (Å²) in [6, 6.07) is 5.71. The zero-order chi connectivity index (χ0) is 22.9. The van der Waals surface area contributed by atoms with Crippen LogP contribution in [0.25, 0.3) is 27.4 Å². The summed E-state index contributed by atoms with van der Waals surface area (Å²) in [5, 5.41) is 1.48. The highest BCUT2D eigenvalue weighted by atomic mass is 16.6. The van der Waals surface area contributed by atoms with Gasteiger partial charge in [-0.25, -0.2) is 19.1 Å². The van der Waals surface area contributed by atoms with Gasteiger partial charge in [0.25, 0.3) is 0 Å². The fourth-order valence-corrected chi connectivity index (χ4v) is 3.50. The van der Waals surface area contributed by atoms with E-state index in [1.165, 1.54) is 10.8 Å². The molecule has 164 valence electrons. The second-order valence-electron chi connectivity index (χ2n) is 8.33. The standard InChI is InChI=1S/C24H28N2O5/c1-8-30-22(27)21-17(13-29-7)20-16-11-15(14(2)3)9-10-18(16)26(19(20)12-25-21)23(28)31-24(4,5)6/h9-12H,2,8,13H2,1,3-7H3. The molecule has 0 saturated heterocycles. The van der Waals surface area contributed by atoms with E-state index < -0.39 is 17.7 Å². The summed E-state index contributed by atoms with van der Waals surface area (Å²) in [5.74, 6) is -0.536. The summed E-state index contributed by atoms with van der Waals surface area (Å²) < 4.78 is 17.7. The maximum absolute atomic E-state index is 13.1. The van der Waals surface area contributed by atoms with Gasteiger partial charge in [-0.2, -0.15) is 0 Å². The zero-order valence-corrected chi connectivity index (χ0v) is 18.9. The van der Waals surface area contributed by atoms with Crippen molar-refractivity contribution in [1.29, 1.82) is 0 Å². The van der Waals surface area contributed by atoms with E-state index in [0.29, 0.717) is 22.0 Å². The molecule has 0 saturated carbocycles. The van der Waals surface area contributed by atoms with Crippen LogP contribution in [0.5, 0.6) is 0 Å². The highest BCUT2D eigenvalue weighted by Crippen LogP contribution is 2.35. The number of carbonyl (C=O) groups excluding carboxylic acids is 2. The number of benzene rings is 1. The Labute approximate surface area is 181 Å². The van der Waals surface area contributed by atoms with Gasteiger partial charge in [-0.15, -0.1) is 0 Å². The summed E-state index contributed by atoms with van der Waals surface area (Å²) in [5.41, 5.74) is 3.04. The molecule has 0 N–H and O–H groups in total. The van der Waals surface area contributed by atoms with Crippen molar-refractivity contribution in [3.63, 3.8) is 0 Å². The first-order chi connectivity index (χ1) is 14.6. The number of aromatic nitrogens is 2. The van der Waals surface area contributed by atoms with E-state index in [2.05, 4.69) is 11.6 Å². The Morgan fingerprint density at radius 1 is 1.19 bits per heavy atom. The van der Waals surface area contributed by atoms with Gasteiger partial charge in [0.2, 0.25) is 0 Å². The highest BCUT2D eigenvalue weighted by Gasteiger charge is 2.27. The molecule has 2 heterocycles. The molecular weight excluding hydrogens is 396 g/mol. The third kappa shape index (κ3) is 4.32. The van der Waals surface area contributed by atoms with E-state index in [1.54, 1.807) is 14.0 Å². The average molecular weight is 424 g/mol. The maximum atomic E-state index is 13.1. The van der Waals surface area contributed by atoms with Crippen molar-refractivity contribution in [1.82, 2.24) is 9.55 Å². The summed E-state index contributed by atoms with van der Waals surface area (Å²) in [6.45, 7) is 13.5. The number of carbonyl (C=O) groups is 2. The van der Waals surface area contributed by atoms with Crippen molar-refractivity contribution in [2.45, 2.75) is 46.8 Å². The molecule has 0 radical (unpaired) electrons. The van der Waals surface area contributed by atoms with Crippen molar-refractivity contribution in [2.75, 3.05) is 13.7 Å². The molecule has 0 amide bonds. The number of allylic oxidation sites excluding steroid dienone is 1. The van der Waals surface area contributed by atoms with Gasteiger partial charge < -0.3 is 14.2 Å². The van der Waals surface area contributed by atoms with Crippen LogP contribution in [0.15, 0.2) is 31.0 Å². The second kappa shape index (κ2) is 8.51. The van der Waals surface area contributed by atoms with Crippen LogP contribution in [0, 0.1) is 0 Å².